The van der Waals surface area contributed by atoms with Crippen LogP contribution in [0.4, 0.5) is 0 Å². The zero-order valence-corrected chi connectivity index (χ0v) is 14.3. The van der Waals surface area contributed by atoms with Crippen molar-refractivity contribution in [3.63, 3.8) is 0 Å². The van der Waals surface area contributed by atoms with Crippen LogP contribution in [0.2, 0.25) is 0 Å². The summed E-state index contributed by atoms with van der Waals surface area (Å²) in [6.45, 7) is 4.04. The predicted octanol–water partition coefficient (Wildman–Crippen LogP) is 2.17. The van der Waals surface area contributed by atoms with E-state index >= 15 is 0 Å². The van der Waals surface area contributed by atoms with E-state index in [1.165, 1.54) is 0 Å². The number of carbonyl (C=O) groups excluding carboxylic acids is 1. The van der Waals surface area contributed by atoms with Gasteiger partial charge in [-0.3, -0.25) is 9.69 Å². The van der Waals surface area contributed by atoms with E-state index in [1.807, 2.05) is 24.3 Å². The van der Waals surface area contributed by atoms with Gasteiger partial charge in [-0.25, -0.2) is 0 Å². The van der Waals surface area contributed by atoms with E-state index < -0.39 is 0 Å². The molecule has 0 spiro atoms. The first-order valence-corrected chi connectivity index (χ1v) is 9.18. The Bertz CT molecular complexity index is 641. The van der Waals surface area contributed by atoms with Gasteiger partial charge in [-0.05, 0) is 44.4 Å². The van der Waals surface area contributed by atoms with E-state index in [-0.39, 0.29) is 16.8 Å². The minimum Gasteiger partial charge on any atom is -0.327 e. The molecule has 2 aliphatic heterocycles. The van der Waals surface area contributed by atoms with E-state index in [9.17, 15) is 10.1 Å². The summed E-state index contributed by atoms with van der Waals surface area (Å²) in [6.07, 6.45) is 2.79. The second kappa shape index (κ2) is 6.64. The Kier molecular flexibility index (Phi) is 4.77. The highest BCUT2D eigenvalue weighted by Gasteiger charge is 2.49. The van der Waals surface area contributed by atoms with Crippen LogP contribution < -0.4 is 5.73 Å². The molecule has 4 nitrogen and oxygen atoms in total. The Labute approximate surface area is 142 Å². The summed E-state index contributed by atoms with van der Waals surface area (Å²) in [7, 11) is 0. The van der Waals surface area contributed by atoms with Gasteiger partial charge in [0.2, 0.25) is 0 Å². The topological polar surface area (TPSA) is 70.1 Å². The van der Waals surface area contributed by atoms with Gasteiger partial charge in [0.1, 0.15) is 5.78 Å². The summed E-state index contributed by atoms with van der Waals surface area (Å²) >= 11 is 1.74. The average molecular weight is 329 g/mol. The monoisotopic (exact) mass is 329 g/mol. The number of nitrogens with zero attached hydrogens (tertiary/aromatic N) is 2. The Morgan fingerprint density at radius 2 is 2.26 bits per heavy atom. The van der Waals surface area contributed by atoms with Crippen LogP contribution in [0.5, 0.6) is 0 Å². The molecular formula is C18H23N3OS. The molecule has 0 aromatic heterocycles. The van der Waals surface area contributed by atoms with Crippen LogP contribution in [0.1, 0.15) is 30.9 Å². The van der Waals surface area contributed by atoms with Crippen molar-refractivity contribution in [2.75, 3.05) is 18.8 Å². The normalized spacial score (nSPS) is 32.0. The third-order valence-corrected chi connectivity index (χ3v) is 6.75. The fraction of sp³-hybridized carbons (Fsp3) is 0.556. The van der Waals surface area contributed by atoms with Crippen LogP contribution in [-0.2, 0) is 11.2 Å². The van der Waals surface area contributed by atoms with Gasteiger partial charge in [0.25, 0.3) is 0 Å². The average Bonchev–Trinajstić information content (AvgIpc) is 2.85. The van der Waals surface area contributed by atoms with Crippen LogP contribution >= 0.6 is 11.8 Å². The molecule has 0 saturated carbocycles. The Morgan fingerprint density at radius 3 is 3.00 bits per heavy atom. The molecule has 0 bridgehead atoms. The number of piperidine rings is 1. The van der Waals surface area contributed by atoms with Gasteiger partial charge in [0.05, 0.1) is 28.2 Å². The minimum atomic E-state index is -0.211. The minimum absolute atomic E-state index is 0.0766. The second-order valence-electron chi connectivity index (χ2n) is 6.68. The smallest absolute Gasteiger partial charge is 0.148 e. The van der Waals surface area contributed by atoms with Crippen molar-refractivity contribution >= 4 is 17.5 Å². The summed E-state index contributed by atoms with van der Waals surface area (Å²) in [6, 6.07) is 10.1. The molecular weight excluding hydrogens is 306 g/mol. The highest BCUT2D eigenvalue weighted by Crippen LogP contribution is 2.45. The lowest BCUT2D eigenvalue weighted by Gasteiger charge is -2.45. The lowest BCUT2D eigenvalue weighted by Crippen LogP contribution is -2.55. The first kappa shape index (κ1) is 16.5. The largest absolute Gasteiger partial charge is 0.327 e. The van der Waals surface area contributed by atoms with E-state index in [0.717, 1.165) is 31.5 Å². The van der Waals surface area contributed by atoms with Gasteiger partial charge >= 0.3 is 0 Å². The van der Waals surface area contributed by atoms with Crippen LogP contribution in [0.25, 0.3) is 0 Å². The molecule has 2 aliphatic rings. The molecule has 2 N–H and O–H groups in total. The molecule has 1 aromatic rings. The fourth-order valence-corrected chi connectivity index (χ4v) is 5.17. The molecule has 0 radical (unpaired) electrons. The number of nitriles is 1. The van der Waals surface area contributed by atoms with E-state index in [0.29, 0.717) is 23.5 Å². The fourth-order valence-electron chi connectivity index (χ4n) is 3.77. The molecule has 0 aliphatic carbocycles. The summed E-state index contributed by atoms with van der Waals surface area (Å²) in [5, 5.41) is 9.30. The molecule has 0 amide bonds. The second-order valence-corrected chi connectivity index (χ2v) is 8.09. The summed E-state index contributed by atoms with van der Waals surface area (Å²) in [5.74, 6) is 0.776. The Hall–Kier alpha value is -1.35. The highest BCUT2D eigenvalue weighted by molar-refractivity contribution is 8.01. The lowest BCUT2D eigenvalue weighted by atomic mass is 9.86. The van der Waals surface area contributed by atoms with E-state index in [1.54, 1.807) is 11.8 Å². The Morgan fingerprint density at radius 1 is 1.48 bits per heavy atom. The van der Waals surface area contributed by atoms with Crippen LogP contribution in [0, 0.1) is 17.2 Å². The molecule has 1 aromatic carbocycles. The molecule has 5 heteroatoms. The molecule has 122 valence electrons. The standard InChI is InChI=1S/C18H23N3OS/c1-18(21-8-4-7-15(20)11-21)16(17(22)12-23-18)9-13-5-2-3-6-14(13)10-19/h2-3,5-6,15-16H,4,7-9,11-12,20H2,1H3/t15-,16-,18-/m1/s1. The number of hydrogen-bond donors (Lipinski definition) is 1. The maximum atomic E-state index is 12.6. The van der Waals surface area contributed by atoms with Crippen molar-refractivity contribution in [2.45, 2.75) is 37.1 Å². The first-order chi connectivity index (χ1) is 11.0. The van der Waals surface area contributed by atoms with Crippen LogP contribution in [-0.4, -0.2) is 40.4 Å². The lowest BCUT2D eigenvalue weighted by molar-refractivity contribution is -0.122. The molecule has 2 saturated heterocycles. The SMILES string of the molecule is C[C@@]1(N2CCC[C@@H](N)C2)SCC(=O)[C@H]1Cc1ccccc1C#N. The zero-order valence-electron chi connectivity index (χ0n) is 13.5. The zero-order chi connectivity index (χ0) is 16.4. The molecule has 23 heavy (non-hydrogen) atoms. The van der Waals surface area contributed by atoms with Gasteiger partial charge in [-0.15, -0.1) is 11.8 Å². The molecule has 3 rings (SSSR count). The predicted molar refractivity (Wildman–Crippen MR) is 93.0 cm³/mol. The van der Waals surface area contributed by atoms with Crippen LogP contribution in [0.3, 0.4) is 0 Å². The number of Topliss-reactive ketones (excluding diaryl/α,β-unsaturated/α-hetero) is 1. The van der Waals surface area contributed by atoms with Gasteiger partial charge in [-0.2, -0.15) is 5.26 Å². The third kappa shape index (κ3) is 3.16. The van der Waals surface area contributed by atoms with E-state index in [2.05, 4.69) is 17.9 Å². The van der Waals surface area contributed by atoms with Crippen molar-refractivity contribution < 1.29 is 4.79 Å². The summed E-state index contributed by atoms with van der Waals surface area (Å²) in [4.78, 5) is 14.7. The van der Waals surface area contributed by atoms with Crippen LogP contribution in [0.15, 0.2) is 24.3 Å². The summed E-state index contributed by atoms with van der Waals surface area (Å²) in [5.41, 5.74) is 7.80. The molecule has 2 fully saturated rings. The molecule has 3 atom stereocenters. The number of rotatable bonds is 3. The maximum absolute atomic E-state index is 12.6. The quantitative estimate of drug-likeness (QED) is 0.920. The van der Waals surface area contributed by atoms with Gasteiger partial charge in [-0.1, -0.05) is 18.2 Å². The molecule has 0 unspecified atom stereocenters. The first-order valence-electron chi connectivity index (χ1n) is 8.20. The maximum Gasteiger partial charge on any atom is 0.148 e. The van der Waals surface area contributed by atoms with Crippen molar-refractivity contribution in [3.8, 4) is 6.07 Å². The van der Waals surface area contributed by atoms with Gasteiger partial charge < -0.3 is 5.73 Å². The third-order valence-electron chi connectivity index (χ3n) is 5.19. The van der Waals surface area contributed by atoms with Crippen molar-refractivity contribution in [1.29, 1.82) is 5.26 Å². The van der Waals surface area contributed by atoms with E-state index in [4.69, 9.17) is 5.73 Å². The highest BCUT2D eigenvalue weighted by atomic mass is 32.2. The van der Waals surface area contributed by atoms with Crippen molar-refractivity contribution in [3.05, 3.63) is 35.4 Å². The number of likely N-dealkylation sites (tertiary alicyclic amines) is 1. The summed E-state index contributed by atoms with van der Waals surface area (Å²) < 4.78 is 0. The number of hydrogen-bond acceptors (Lipinski definition) is 5. The number of ketones is 1. The van der Waals surface area contributed by atoms with Crippen molar-refractivity contribution in [2.24, 2.45) is 11.7 Å². The molecule has 2 heterocycles. The number of nitrogens with two attached hydrogens (primary N) is 1. The van der Waals surface area contributed by atoms with Gasteiger partial charge in [0.15, 0.2) is 0 Å². The number of benzene rings is 1. The number of thioether (sulfide) groups is 1. The Balaban J connectivity index is 1.86. The number of carbonyl (C=O) groups is 1. The van der Waals surface area contributed by atoms with Crippen molar-refractivity contribution in [1.82, 2.24) is 4.90 Å². The van der Waals surface area contributed by atoms with Gasteiger partial charge in [0, 0.05) is 12.6 Å².